The van der Waals surface area contributed by atoms with Gasteiger partial charge in [0.25, 0.3) is 0 Å². The minimum atomic E-state index is -3.51. The van der Waals surface area contributed by atoms with Crippen LogP contribution >= 0.6 is 12.4 Å². The summed E-state index contributed by atoms with van der Waals surface area (Å²) < 4.78 is 27.6. The van der Waals surface area contributed by atoms with E-state index in [9.17, 15) is 13.2 Å². The summed E-state index contributed by atoms with van der Waals surface area (Å²) in [5.41, 5.74) is 0.643. The Morgan fingerprint density at radius 1 is 1.18 bits per heavy atom. The summed E-state index contributed by atoms with van der Waals surface area (Å²) in [5.74, 6) is -0.0751. The van der Waals surface area contributed by atoms with E-state index in [2.05, 4.69) is 22.5 Å². The summed E-state index contributed by atoms with van der Waals surface area (Å²) in [4.78, 5) is 14.8. The van der Waals surface area contributed by atoms with Crippen LogP contribution < -0.4 is 10.6 Å². The van der Waals surface area contributed by atoms with Crippen LogP contribution in [0.15, 0.2) is 29.2 Å². The molecule has 0 unspecified atom stereocenters. The summed E-state index contributed by atoms with van der Waals surface area (Å²) >= 11 is 0. The molecule has 1 aromatic rings. The molecular formula is C19H31ClN4O3S. The Labute approximate surface area is 174 Å². The van der Waals surface area contributed by atoms with Crippen LogP contribution in [0.2, 0.25) is 0 Å². The van der Waals surface area contributed by atoms with Crippen LogP contribution in [0.5, 0.6) is 0 Å². The maximum Gasteiger partial charge on any atom is 0.243 e. The predicted molar refractivity (Wildman–Crippen MR) is 112 cm³/mol. The van der Waals surface area contributed by atoms with E-state index in [1.54, 1.807) is 22.5 Å². The van der Waals surface area contributed by atoms with Gasteiger partial charge in [-0.1, -0.05) is 24.6 Å². The number of hydrogen-bond acceptors (Lipinski definition) is 5. The van der Waals surface area contributed by atoms with Gasteiger partial charge in [0.05, 0.1) is 11.4 Å². The van der Waals surface area contributed by atoms with Crippen molar-refractivity contribution < 1.29 is 13.2 Å². The van der Waals surface area contributed by atoms with E-state index in [4.69, 9.17) is 0 Å². The van der Waals surface area contributed by atoms with E-state index in [0.29, 0.717) is 36.1 Å². The molecule has 2 aliphatic rings. The first kappa shape index (κ1) is 23.1. The molecule has 1 atom stereocenters. The summed E-state index contributed by atoms with van der Waals surface area (Å²) in [6.45, 7) is 6.41. The van der Waals surface area contributed by atoms with E-state index < -0.39 is 10.0 Å². The van der Waals surface area contributed by atoms with Crippen LogP contribution in [0, 0.1) is 0 Å². The fourth-order valence-electron chi connectivity index (χ4n) is 3.70. The number of piperidine rings is 1. The molecule has 1 aromatic carbocycles. The van der Waals surface area contributed by atoms with Crippen molar-refractivity contribution in [3.63, 3.8) is 0 Å². The predicted octanol–water partition coefficient (Wildman–Crippen LogP) is 1.19. The second kappa shape index (κ2) is 10.5. The van der Waals surface area contributed by atoms with Crippen LogP contribution in [0.25, 0.3) is 0 Å². The van der Waals surface area contributed by atoms with Crippen LogP contribution in [0.3, 0.4) is 0 Å². The molecule has 2 heterocycles. The Kier molecular flexibility index (Phi) is 8.70. The highest BCUT2D eigenvalue weighted by molar-refractivity contribution is 7.89. The summed E-state index contributed by atoms with van der Waals surface area (Å²) in [5, 5.41) is 6.20. The highest BCUT2D eigenvalue weighted by Crippen LogP contribution is 2.23. The number of hydrogen-bond donors (Lipinski definition) is 2. The Balaban J connectivity index is 0.00000280. The first-order chi connectivity index (χ1) is 13.0. The number of nitrogens with zero attached hydrogens (tertiary/aromatic N) is 2. The summed E-state index contributed by atoms with van der Waals surface area (Å²) in [7, 11) is -3.51. The standard InChI is InChI=1S/C19H30N4O3S.ClH/c1-16-13-20-9-12-22(16)15-19(24)21-14-17-7-3-4-8-18(17)27(25,26)23-10-5-2-6-11-23;/h3-4,7-8,16,20H,2,5-6,9-15H2,1H3,(H,21,24);1H/t16-;/m0./s1. The number of amides is 1. The van der Waals surface area contributed by atoms with Crippen molar-refractivity contribution in [1.82, 2.24) is 19.8 Å². The number of sulfonamides is 1. The molecule has 0 aromatic heterocycles. The molecular weight excluding hydrogens is 400 g/mol. The topological polar surface area (TPSA) is 81.8 Å². The SMILES string of the molecule is C[C@H]1CNCCN1CC(=O)NCc1ccccc1S(=O)(=O)N1CCCCC1.Cl. The molecule has 1 amide bonds. The number of nitrogens with one attached hydrogen (secondary N) is 2. The number of benzene rings is 1. The molecule has 0 bridgehead atoms. The van der Waals surface area contributed by atoms with Crippen molar-refractivity contribution >= 4 is 28.3 Å². The highest BCUT2D eigenvalue weighted by Gasteiger charge is 2.28. The van der Waals surface area contributed by atoms with Crippen molar-refractivity contribution in [2.75, 3.05) is 39.3 Å². The number of halogens is 1. The normalized spacial score (nSPS) is 21.7. The molecule has 28 heavy (non-hydrogen) atoms. The lowest BCUT2D eigenvalue weighted by atomic mass is 10.2. The van der Waals surface area contributed by atoms with E-state index in [-0.39, 0.29) is 24.9 Å². The van der Waals surface area contributed by atoms with E-state index >= 15 is 0 Å². The van der Waals surface area contributed by atoms with Crippen LogP contribution in [0.4, 0.5) is 0 Å². The third-order valence-electron chi connectivity index (χ3n) is 5.37. The quantitative estimate of drug-likeness (QED) is 0.708. The van der Waals surface area contributed by atoms with Gasteiger partial charge in [-0.25, -0.2) is 8.42 Å². The first-order valence-corrected chi connectivity index (χ1v) is 11.2. The Hall–Kier alpha value is -1.19. The van der Waals surface area contributed by atoms with Gasteiger partial charge in [0.15, 0.2) is 0 Å². The lowest BCUT2D eigenvalue weighted by Gasteiger charge is -2.33. The molecule has 9 heteroatoms. The minimum absolute atomic E-state index is 0. The molecule has 3 rings (SSSR count). The smallest absolute Gasteiger partial charge is 0.243 e. The van der Waals surface area contributed by atoms with Crippen LogP contribution in [-0.2, 0) is 21.4 Å². The number of piperazine rings is 1. The Bertz CT molecular complexity index is 753. The third-order valence-corrected chi connectivity index (χ3v) is 7.37. The minimum Gasteiger partial charge on any atom is -0.351 e. The second-order valence-corrected chi connectivity index (χ2v) is 9.28. The van der Waals surface area contributed by atoms with Gasteiger partial charge in [-0.3, -0.25) is 9.69 Å². The zero-order chi connectivity index (χ0) is 19.3. The Morgan fingerprint density at radius 2 is 1.89 bits per heavy atom. The lowest BCUT2D eigenvalue weighted by molar-refractivity contribution is -0.123. The third kappa shape index (κ3) is 5.67. The molecule has 0 radical (unpaired) electrons. The molecule has 2 saturated heterocycles. The van der Waals surface area contributed by atoms with E-state index in [0.717, 1.165) is 38.9 Å². The van der Waals surface area contributed by atoms with Gasteiger partial charge in [-0.2, -0.15) is 4.31 Å². The van der Waals surface area contributed by atoms with Gasteiger partial charge in [0.2, 0.25) is 15.9 Å². The number of carbonyl (C=O) groups is 1. The lowest BCUT2D eigenvalue weighted by Crippen LogP contribution is -2.52. The maximum absolute atomic E-state index is 13.0. The summed E-state index contributed by atoms with van der Waals surface area (Å²) in [6, 6.07) is 7.30. The first-order valence-electron chi connectivity index (χ1n) is 9.78. The van der Waals surface area contributed by atoms with E-state index in [1.165, 1.54) is 0 Å². The highest BCUT2D eigenvalue weighted by atomic mass is 35.5. The molecule has 2 N–H and O–H groups in total. The zero-order valence-electron chi connectivity index (χ0n) is 16.4. The molecule has 158 valence electrons. The molecule has 2 aliphatic heterocycles. The van der Waals surface area contributed by atoms with Crippen molar-refractivity contribution in [1.29, 1.82) is 0 Å². The molecule has 7 nitrogen and oxygen atoms in total. The van der Waals surface area contributed by atoms with Crippen molar-refractivity contribution in [2.45, 2.75) is 43.7 Å². The fourth-order valence-corrected chi connectivity index (χ4v) is 5.44. The van der Waals surface area contributed by atoms with Gasteiger partial charge >= 0.3 is 0 Å². The van der Waals surface area contributed by atoms with E-state index in [1.807, 2.05) is 6.07 Å². The largest absolute Gasteiger partial charge is 0.351 e. The van der Waals surface area contributed by atoms with Crippen LogP contribution in [0.1, 0.15) is 31.7 Å². The van der Waals surface area contributed by atoms with Crippen molar-refractivity contribution in [3.8, 4) is 0 Å². The average Bonchev–Trinajstić information content (AvgIpc) is 2.69. The molecule has 0 spiro atoms. The fraction of sp³-hybridized carbons (Fsp3) is 0.632. The van der Waals surface area contributed by atoms with Gasteiger partial charge < -0.3 is 10.6 Å². The zero-order valence-corrected chi connectivity index (χ0v) is 18.0. The van der Waals surface area contributed by atoms with Crippen molar-refractivity contribution in [2.24, 2.45) is 0 Å². The maximum atomic E-state index is 13.0. The summed E-state index contributed by atoms with van der Waals surface area (Å²) in [6.07, 6.45) is 2.89. The Morgan fingerprint density at radius 3 is 2.61 bits per heavy atom. The number of rotatable bonds is 6. The molecule has 0 saturated carbocycles. The number of carbonyl (C=O) groups excluding carboxylic acids is 1. The monoisotopic (exact) mass is 430 g/mol. The molecule has 2 fully saturated rings. The average molecular weight is 431 g/mol. The second-order valence-electron chi connectivity index (χ2n) is 7.37. The van der Waals surface area contributed by atoms with Gasteiger partial charge in [-0.15, -0.1) is 12.4 Å². The van der Waals surface area contributed by atoms with Gasteiger partial charge in [0.1, 0.15) is 0 Å². The molecule has 0 aliphatic carbocycles. The van der Waals surface area contributed by atoms with Crippen LogP contribution in [-0.4, -0.2) is 68.8 Å². The van der Waals surface area contributed by atoms with Gasteiger partial charge in [0, 0.05) is 45.3 Å². The van der Waals surface area contributed by atoms with Crippen molar-refractivity contribution in [3.05, 3.63) is 29.8 Å². The van der Waals surface area contributed by atoms with Gasteiger partial charge in [-0.05, 0) is 31.4 Å².